The smallest absolute Gasteiger partial charge is 0.229 e. The third-order valence-electron chi connectivity index (χ3n) is 3.19. The van der Waals surface area contributed by atoms with Crippen LogP contribution in [0.5, 0.6) is 0 Å². The summed E-state index contributed by atoms with van der Waals surface area (Å²) >= 11 is 3.44. The van der Waals surface area contributed by atoms with Gasteiger partial charge in [-0.15, -0.1) is 0 Å². The van der Waals surface area contributed by atoms with Crippen molar-refractivity contribution in [3.05, 3.63) is 65.3 Å². The standard InChI is InChI=1S/C18H16BrN5O/c1-12(25)21-15-6-3-7-16(11-15)23-18-20-9-8-17(24-18)22-14-5-2-4-13(19)10-14/h2-11H,1H3,(H,21,25)(H2,20,22,23,24). The number of carbonyl (C=O) groups is 1. The van der Waals surface area contributed by atoms with E-state index in [1.165, 1.54) is 6.92 Å². The highest BCUT2D eigenvalue weighted by molar-refractivity contribution is 9.10. The zero-order valence-corrected chi connectivity index (χ0v) is 15.0. The number of aromatic nitrogens is 2. The lowest BCUT2D eigenvalue weighted by Crippen LogP contribution is -2.06. The van der Waals surface area contributed by atoms with Gasteiger partial charge in [-0.2, -0.15) is 4.98 Å². The van der Waals surface area contributed by atoms with E-state index in [1.54, 1.807) is 12.3 Å². The highest BCUT2D eigenvalue weighted by Crippen LogP contribution is 2.21. The fourth-order valence-electron chi connectivity index (χ4n) is 2.21. The van der Waals surface area contributed by atoms with Gasteiger partial charge in [0.05, 0.1) is 0 Å². The van der Waals surface area contributed by atoms with Crippen molar-refractivity contribution in [2.45, 2.75) is 6.92 Å². The van der Waals surface area contributed by atoms with Gasteiger partial charge in [-0.3, -0.25) is 4.79 Å². The van der Waals surface area contributed by atoms with Crippen LogP contribution in [0, 0.1) is 0 Å². The fraction of sp³-hybridized carbons (Fsp3) is 0.0556. The molecule has 0 atom stereocenters. The summed E-state index contributed by atoms with van der Waals surface area (Å²) in [5.41, 5.74) is 2.42. The second-order valence-corrected chi connectivity index (χ2v) is 6.20. The lowest BCUT2D eigenvalue weighted by Gasteiger charge is -2.10. The predicted molar refractivity (Wildman–Crippen MR) is 103 cm³/mol. The molecule has 7 heteroatoms. The van der Waals surface area contributed by atoms with Gasteiger partial charge in [0.2, 0.25) is 11.9 Å². The third kappa shape index (κ3) is 5.02. The Kier molecular flexibility index (Phi) is 5.25. The molecular formula is C18H16BrN5O. The van der Waals surface area contributed by atoms with Gasteiger partial charge in [-0.05, 0) is 42.5 Å². The summed E-state index contributed by atoms with van der Waals surface area (Å²) in [6.07, 6.45) is 1.67. The lowest BCUT2D eigenvalue weighted by molar-refractivity contribution is -0.114. The van der Waals surface area contributed by atoms with Crippen LogP contribution in [0.15, 0.2) is 65.3 Å². The van der Waals surface area contributed by atoms with Crippen molar-refractivity contribution in [2.75, 3.05) is 16.0 Å². The van der Waals surface area contributed by atoms with Gasteiger partial charge in [0.25, 0.3) is 0 Å². The van der Waals surface area contributed by atoms with E-state index in [1.807, 2.05) is 48.5 Å². The SMILES string of the molecule is CC(=O)Nc1cccc(Nc2nccc(Nc3cccc(Br)c3)n2)c1. The Hall–Kier alpha value is -2.93. The van der Waals surface area contributed by atoms with Crippen LogP contribution in [-0.2, 0) is 4.79 Å². The molecule has 0 unspecified atom stereocenters. The lowest BCUT2D eigenvalue weighted by atomic mass is 10.2. The largest absolute Gasteiger partial charge is 0.340 e. The van der Waals surface area contributed by atoms with Crippen molar-refractivity contribution in [3.63, 3.8) is 0 Å². The molecule has 0 bridgehead atoms. The minimum absolute atomic E-state index is 0.117. The van der Waals surface area contributed by atoms with Crippen molar-refractivity contribution in [1.82, 2.24) is 9.97 Å². The van der Waals surface area contributed by atoms with Gasteiger partial charge >= 0.3 is 0 Å². The normalized spacial score (nSPS) is 10.2. The summed E-state index contributed by atoms with van der Waals surface area (Å²) in [6.45, 7) is 1.47. The van der Waals surface area contributed by atoms with Crippen LogP contribution < -0.4 is 16.0 Å². The maximum absolute atomic E-state index is 11.2. The number of benzene rings is 2. The minimum atomic E-state index is -0.117. The zero-order chi connectivity index (χ0) is 17.6. The molecule has 1 amide bonds. The molecule has 2 aromatic carbocycles. The Morgan fingerprint density at radius 3 is 2.44 bits per heavy atom. The van der Waals surface area contributed by atoms with E-state index in [0.717, 1.165) is 15.8 Å². The van der Waals surface area contributed by atoms with Gasteiger partial charge in [0, 0.05) is 34.7 Å². The van der Waals surface area contributed by atoms with Crippen molar-refractivity contribution in [2.24, 2.45) is 0 Å². The van der Waals surface area contributed by atoms with Gasteiger partial charge in [0.15, 0.2) is 0 Å². The first-order chi connectivity index (χ1) is 12.1. The van der Waals surface area contributed by atoms with Crippen LogP contribution in [0.25, 0.3) is 0 Å². The number of nitrogens with one attached hydrogen (secondary N) is 3. The zero-order valence-electron chi connectivity index (χ0n) is 13.5. The van der Waals surface area contributed by atoms with E-state index in [4.69, 9.17) is 0 Å². The number of halogens is 1. The molecule has 126 valence electrons. The van der Waals surface area contributed by atoms with Crippen molar-refractivity contribution in [3.8, 4) is 0 Å². The first-order valence-corrected chi connectivity index (χ1v) is 8.38. The molecule has 1 heterocycles. The summed E-state index contributed by atoms with van der Waals surface area (Å²) in [5, 5.41) is 9.11. The first kappa shape index (κ1) is 16.9. The maximum atomic E-state index is 11.2. The topological polar surface area (TPSA) is 78.9 Å². The average Bonchev–Trinajstić information content (AvgIpc) is 2.55. The van der Waals surface area contributed by atoms with Crippen molar-refractivity contribution < 1.29 is 4.79 Å². The van der Waals surface area contributed by atoms with Gasteiger partial charge in [-0.25, -0.2) is 4.98 Å². The number of carbonyl (C=O) groups excluding carboxylic acids is 1. The van der Waals surface area contributed by atoms with Crippen molar-refractivity contribution in [1.29, 1.82) is 0 Å². The van der Waals surface area contributed by atoms with Crippen molar-refractivity contribution >= 4 is 50.7 Å². The highest BCUT2D eigenvalue weighted by atomic mass is 79.9. The summed E-state index contributed by atoms with van der Waals surface area (Å²) in [7, 11) is 0. The van der Waals surface area contributed by atoms with Gasteiger partial charge in [0.1, 0.15) is 5.82 Å². The second kappa shape index (κ2) is 7.76. The molecule has 3 rings (SSSR count). The average molecular weight is 398 g/mol. The number of anilines is 5. The summed E-state index contributed by atoms with van der Waals surface area (Å²) < 4.78 is 0.986. The Bertz CT molecular complexity index is 900. The fourth-order valence-corrected chi connectivity index (χ4v) is 2.61. The summed E-state index contributed by atoms with van der Waals surface area (Å²) in [5.74, 6) is 1.02. The van der Waals surface area contributed by atoms with Crippen LogP contribution in [0.4, 0.5) is 28.8 Å². The van der Waals surface area contributed by atoms with Gasteiger partial charge < -0.3 is 16.0 Å². The molecule has 0 spiro atoms. The monoisotopic (exact) mass is 397 g/mol. The molecule has 0 saturated heterocycles. The molecule has 25 heavy (non-hydrogen) atoms. The van der Waals surface area contributed by atoms with Crippen LogP contribution in [0.2, 0.25) is 0 Å². The Morgan fingerprint density at radius 2 is 1.68 bits per heavy atom. The number of hydrogen-bond donors (Lipinski definition) is 3. The molecular weight excluding hydrogens is 382 g/mol. The summed E-state index contributed by atoms with van der Waals surface area (Å²) in [4.78, 5) is 19.8. The van der Waals surface area contributed by atoms with Crippen LogP contribution in [0.1, 0.15) is 6.92 Å². The Balaban J connectivity index is 1.74. The molecule has 3 aromatic rings. The number of rotatable bonds is 5. The molecule has 0 saturated carbocycles. The Labute approximate surface area is 153 Å². The third-order valence-corrected chi connectivity index (χ3v) is 3.68. The van der Waals surface area contributed by atoms with Crippen LogP contribution in [-0.4, -0.2) is 15.9 Å². The van der Waals surface area contributed by atoms with E-state index in [-0.39, 0.29) is 5.91 Å². The Morgan fingerprint density at radius 1 is 0.960 bits per heavy atom. The molecule has 1 aromatic heterocycles. The molecule has 0 aliphatic rings. The number of nitrogens with zero attached hydrogens (tertiary/aromatic N) is 2. The van der Waals surface area contributed by atoms with Crippen LogP contribution >= 0.6 is 15.9 Å². The summed E-state index contributed by atoms with van der Waals surface area (Å²) in [6, 6.07) is 17.0. The predicted octanol–water partition coefficient (Wildman–Crippen LogP) is 4.68. The second-order valence-electron chi connectivity index (χ2n) is 5.29. The van der Waals surface area contributed by atoms with E-state index in [0.29, 0.717) is 17.5 Å². The molecule has 6 nitrogen and oxygen atoms in total. The molecule has 0 radical (unpaired) electrons. The highest BCUT2D eigenvalue weighted by Gasteiger charge is 2.03. The molecule has 0 fully saturated rings. The van der Waals surface area contributed by atoms with Crippen LogP contribution in [0.3, 0.4) is 0 Å². The first-order valence-electron chi connectivity index (χ1n) is 7.59. The minimum Gasteiger partial charge on any atom is -0.340 e. The van der Waals surface area contributed by atoms with E-state index in [2.05, 4.69) is 41.8 Å². The molecule has 0 aliphatic heterocycles. The quantitative estimate of drug-likeness (QED) is 0.582. The number of hydrogen-bond acceptors (Lipinski definition) is 5. The van der Waals surface area contributed by atoms with E-state index < -0.39 is 0 Å². The van der Waals surface area contributed by atoms with E-state index in [9.17, 15) is 4.79 Å². The maximum Gasteiger partial charge on any atom is 0.229 e. The number of amides is 1. The molecule has 3 N–H and O–H groups in total. The van der Waals surface area contributed by atoms with E-state index >= 15 is 0 Å². The van der Waals surface area contributed by atoms with Gasteiger partial charge in [-0.1, -0.05) is 28.1 Å². The molecule has 0 aliphatic carbocycles.